The highest BCUT2D eigenvalue weighted by Crippen LogP contribution is 2.42. The minimum Gasteiger partial charge on any atom is -0.508 e. The quantitative estimate of drug-likeness (QED) is 0.318. The summed E-state index contributed by atoms with van der Waals surface area (Å²) in [5.74, 6) is 0.799. The van der Waals surface area contributed by atoms with E-state index in [1.54, 1.807) is 4.90 Å². The zero-order valence-corrected chi connectivity index (χ0v) is 23.7. The number of aromatic nitrogens is 3. The summed E-state index contributed by atoms with van der Waals surface area (Å²) in [4.78, 5) is 17.0. The summed E-state index contributed by atoms with van der Waals surface area (Å²) in [6.07, 6.45) is 7.12. The van der Waals surface area contributed by atoms with Crippen LogP contribution in [0.1, 0.15) is 41.8 Å². The highest BCUT2D eigenvalue weighted by molar-refractivity contribution is 6.03. The maximum atomic E-state index is 16.9. The van der Waals surface area contributed by atoms with Crippen molar-refractivity contribution in [2.45, 2.75) is 55.9 Å². The molecular formula is C33H31F3N6O2. The first kappa shape index (κ1) is 24.2. The number of terminal acetylenes is 1. The Bertz CT molecular complexity index is 2000. The highest BCUT2D eigenvalue weighted by Gasteiger charge is 2.49. The summed E-state index contributed by atoms with van der Waals surface area (Å²) in [6, 6.07) is 5.16. The van der Waals surface area contributed by atoms with Crippen molar-refractivity contribution in [1.29, 1.82) is 0 Å². The summed E-state index contributed by atoms with van der Waals surface area (Å²) in [5.41, 5.74) is -1.97. The fourth-order valence-corrected chi connectivity index (χ4v) is 7.46. The van der Waals surface area contributed by atoms with Crippen molar-refractivity contribution in [3.63, 3.8) is 0 Å². The number of phenolic OH excluding ortho intramolecular Hbond substituents is 1. The number of ether oxygens (including phenoxy) is 1. The molecule has 8 rings (SSSR count). The third-order valence-electron chi connectivity index (χ3n) is 9.41. The van der Waals surface area contributed by atoms with Gasteiger partial charge in [-0.2, -0.15) is 9.97 Å². The van der Waals surface area contributed by atoms with Gasteiger partial charge < -0.3 is 20.1 Å². The van der Waals surface area contributed by atoms with Crippen LogP contribution >= 0.6 is 0 Å². The predicted molar refractivity (Wildman–Crippen MR) is 160 cm³/mol. The van der Waals surface area contributed by atoms with Crippen LogP contribution in [0, 0.1) is 24.0 Å². The molecule has 11 heteroatoms. The van der Waals surface area contributed by atoms with E-state index in [9.17, 15) is 13.9 Å². The van der Waals surface area contributed by atoms with Gasteiger partial charge in [0.05, 0.1) is 20.6 Å². The summed E-state index contributed by atoms with van der Waals surface area (Å²) in [7, 11) is 0. The number of alkyl halides is 1. The lowest BCUT2D eigenvalue weighted by atomic mass is 9.95. The van der Waals surface area contributed by atoms with Crippen LogP contribution in [-0.4, -0.2) is 81.5 Å². The van der Waals surface area contributed by atoms with Crippen LogP contribution in [0.3, 0.4) is 0 Å². The number of hydrogen-bond acceptors (Lipinski definition) is 8. The van der Waals surface area contributed by atoms with E-state index >= 15 is 4.39 Å². The third-order valence-corrected chi connectivity index (χ3v) is 9.41. The molecule has 2 N–H and O–H groups in total. The van der Waals surface area contributed by atoms with Crippen LogP contribution in [0.15, 0.2) is 30.5 Å². The molecule has 44 heavy (non-hydrogen) atoms. The molecule has 8 nitrogen and oxygen atoms in total. The van der Waals surface area contributed by atoms with Crippen LogP contribution in [0.4, 0.5) is 19.0 Å². The van der Waals surface area contributed by atoms with E-state index in [1.807, 2.05) is 4.90 Å². The summed E-state index contributed by atoms with van der Waals surface area (Å²) in [5, 5.41) is 14.9. The molecule has 4 saturated heterocycles. The Labute approximate surface area is 256 Å². The smallest absolute Gasteiger partial charge is 0.319 e. The third kappa shape index (κ3) is 4.34. The number of pyridine rings is 1. The zero-order valence-electron chi connectivity index (χ0n) is 26.7. The first-order valence-electron chi connectivity index (χ1n) is 16.3. The van der Waals surface area contributed by atoms with Crippen LogP contribution in [-0.2, 0) is 0 Å². The number of nitrogens with zero attached hydrogens (tertiary/aromatic N) is 5. The Balaban J connectivity index is 1.31. The fraction of sp³-hybridized carbons (Fsp3) is 0.424. The second-order valence-corrected chi connectivity index (χ2v) is 12.2. The van der Waals surface area contributed by atoms with Gasteiger partial charge in [0, 0.05) is 55.3 Å². The lowest BCUT2D eigenvalue weighted by molar-refractivity contribution is 0.107. The second kappa shape index (κ2) is 10.2. The number of phenols is 1. The first-order valence-corrected chi connectivity index (χ1v) is 14.8. The molecule has 4 aliphatic rings. The average molecular weight is 604 g/mol. The molecule has 2 aromatic heterocycles. The Morgan fingerprint density at radius 2 is 2.02 bits per heavy atom. The summed E-state index contributed by atoms with van der Waals surface area (Å²) in [6.45, 7) is -1.24. The topological polar surface area (TPSA) is 86.6 Å². The molecule has 2 bridgehead atoms. The lowest BCUT2D eigenvalue weighted by Gasteiger charge is -2.34. The van der Waals surface area contributed by atoms with E-state index in [0.717, 1.165) is 12.8 Å². The van der Waals surface area contributed by atoms with E-state index in [1.165, 1.54) is 30.5 Å². The normalized spacial score (nSPS) is 29.4. The van der Waals surface area contributed by atoms with Gasteiger partial charge in [-0.1, -0.05) is 12.0 Å². The molecule has 0 spiro atoms. The van der Waals surface area contributed by atoms with Gasteiger partial charge >= 0.3 is 6.01 Å². The minimum atomic E-state index is -2.53. The first-order chi connectivity index (χ1) is 22.4. The largest absolute Gasteiger partial charge is 0.508 e. The molecule has 4 aromatic rings. The Morgan fingerprint density at radius 1 is 1.20 bits per heavy atom. The Morgan fingerprint density at radius 3 is 2.82 bits per heavy atom. The van der Waals surface area contributed by atoms with Gasteiger partial charge in [0.15, 0.2) is 5.82 Å². The van der Waals surface area contributed by atoms with E-state index < -0.39 is 42.3 Å². The molecule has 4 fully saturated rings. The van der Waals surface area contributed by atoms with Crippen molar-refractivity contribution in [1.82, 2.24) is 25.2 Å². The molecule has 0 amide bonds. The fourth-order valence-electron chi connectivity index (χ4n) is 7.46. The second-order valence-electron chi connectivity index (χ2n) is 12.2. The summed E-state index contributed by atoms with van der Waals surface area (Å²) < 4.78 is 78.7. The molecule has 4 aliphatic heterocycles. The van der Waals surface area contributed by atoms with Gasteiger partial charge in [-0.15, -0.1) is 6.42 Å². The molecular weight excluding hydrogens is 569 g/mol. The maximum absolute atomic E-state index is 16.9. The number of anilines is 1. The Hall–Kier alpha value is -4.14. The number of piperazine rings is 1. The van der Waals surface area contributed by atoms with Crippen LogP contribution in [0.25, 0.3) is 32.9 Å². The number of rotatable bonds is 5. The standard InChI is InChI=1S/C33H31F3N6O2/c1-2-23-26(35)7-4-18-10-22(43)11-24(27(18)23)29-28(36)30-25(13-37-29)31(41-15-20-5-6-21(16-41)38-20)40-32(39-30)44-17-33-8-3-9-42(33)14-19(34)12-33/h1,4,7,10-11,13,19-21,38,43H,3,5-6,8-9,12,14-17H2/t19-,20?,21?,33+/m1/s1/i17D2,19D. The number of aromatic hydroxyl groups is 1. The number of benzene rings is 2. The predicted octanol–water partition coefficient (Wildman–Crippen LogP) is 4.71. The van der Waals surface area contributed by atoms with Gasteiger partial charge in [-0.05, 0) is 55.8 Å². The van der Waals surface area contributed by atoms with Crippen LogP contribution < -0.4 is 15.0 Å². The van der Waals surface area contributed by atoms with Crippen molar-refractivity contribution < 1.29 is 27.1 Å². The van der Waals surface area contributed by atoms with Gasteiger partial charge in [-0.25, -0.2) is 13.2 Å². The molecule has 0 aliphatic carbocycles. The number of nitrogens with one attached hydrogen (secondary N) is 1. The van der Waals surface area contributed by atoms with E-state index in [-0.39, 0.29) is 63.9 Å². The Kier molecular flexibility index (Phi) is 5.62. The summed E-state index contributed by atoms with van der Waals surface area (Å²) >= 11 is 0. The van der Waals surface area contributed by atoms with Crippen molar-refractivity contribution >= 4 is 27.5 Å². The van der Waals surface area contributed by atoms with E-state index in [0.29, 0.717) is 37.3 Å². The van der Waals surface area contributed by atoms with Gasteiger partial charge in [0.1, 0.15) is 41.3 Å². The molecule has 2 unspecified atom stereocenters. The van der Waals surface area contributed by atoms with Crippen molar-refractivity contribution in [2.75, 3.05) is 37.6 Å². The van der Waals surface area contributed by atoms with Gasteiger partial charge in [0.25, 0.3) is 0 Å². The van der Waals surface area contributed by atoms with Crippen molar-refractivity contribution in [2.24, 2.45) is 0 Å². The van der Waals surface area contributed by atoms with Gasteiger partial charge in [-0.3, -0.25) is 9.88 Å². The van der Waals surface area contributed by atoms with Crippen molar-refractivity contribution in [3.8, 4) is 35.4 Å². The molecule has 0 radical (unpaired) electrons. The molecule has 6 heterocycles. The minimum absolute atomic E-state index is 0.0474. The molecule has 2 aromatic carbocycles. The van der Waals surface area contributed by atoms with Gasteiger partial charge in [0.2, 0.25) is 0 Å². The molecule has 0 saturated carbocycles. The molecule has 226 valence electrons. The van der Waals surface area contributed by atoms with E-state index in [2.05, 4.69) is 26.2 Å². The van der Waals surface area contributed by atoms with Crippen LogP contribution in [0.2, 0.25) is 0 Å². The zero-order chi connectivity index (χ0) is 32.9. The highest BCUT2D eigenvalue weighted by atomic mass is 19.1. The SMILES string of the molecule is [2H]C([2H])(Oc1nc(N2CC3CCC(C2)N3)c2cnc(-c3cc(O)cc4ccc(F)c(C#C)c34)c(F)c2n1)[C@@]12CCCN1C[C@]([2H])(F)C2. The molecule has 4 atom stereocenters. The lowest BCUT2D eigenvalue weighted by Crippen LogP contribution is -2.51. The number of fused-ring (bicyclic) bond motifs is 5. The monoisotopic (exact) mass is 603 g/mol. The van der Waals surface area contributed by atoms with Crippen LogP contribution in [0.5, 0.6) is 11.8 Å². The number of hydrogen-bond donors (Lipinski definition) is 2. The number of halogens is 3. The maximum Gasteiger partial charge on any atom is 0.319 e. The van der Waals surface area contributed by atoms with Crippen molar-refractivity contribution in [3.05, 3.63) is 47.7 Å². The average Bonchev–Trinajstić information content (AvgIpc) is 3.66. The van der Waals surface area contributed by atoms with E-state index in [4.69, 9.17) is 15.3 Å².